The minimum Gasteiger partial charge on any atom is -0.406 e. The summed E-state index contributed by atoms with van der Waals surface area (Å²) in [4.78, 5) is 23.2. The van der Waals surface area contributed by atoms with Crippen molar-refractivity contribution in [1.82, 2.24) is 20.1 Å². The van der Waals surface area contributed by atoms with E-state index in [4.69, 9.17) is 0 Å². The Balaban J connectivity index is 1.23. The molecule has 3 aromatic carbocycles. The van der Waals surface area contributed by atoms with Crippen molar-refractivity contribution in [1.29, 1.82) is 0 Å². The largest absolute Gasteiger partial charge is 0.573 e. The van der Waals surface area contributed by atoms with E-state index >= 15 is 0 Å². The smallest absolute Gasteiger partial charge is 0.406 e. The molecule has 0 unspecified atom stereocenters. The van der Waals surface area contributed by atoms with Crippen LogP contribution in [0, 0.1) is 0 Å². The van der Waals surface area contributed by atoms with Gasteiger partial charge in [-0.25, -0.2) is 18.9 Å². The monoisotopic (exact) mass is 624 g/mol. The van der Waals surface area contributed by atoms with Crippen LogP contribution in [0.1, 0.15) is 37.3 Å². The van der Waals surface area contributed by atoms with Crippen molar-refractivity contribution in [3.63, 3.8) is 0 Å². The molecule has 13 heteroatoms. The Morgan fingerprint density at radius 3 is 2.50 bits per heavy atom. The molecule has 0 atom stereocenters. The van der Waals surface area contributed by atoms with Crippen molar-refractivity contribution in [2.24, 2.45) is 4.99 Å². The lowest BCUT2D eigenvalue weighted by atomic mass is 10.0. The number of para-hydroxylation sites is 1. The molecule has 1 fully saturated rings. The van der Waals surface area contributed by atoms with Crippen LogP contribution in [0.5, 0.6) is 5.75 Å². The maximum atomic E-state index is 14.9. The number of hydrogen-bond acceptors (Lipinski definition) is 5. The number of carbonyl (C=O) groups is 1. The van der Waals surface area contributed by atoms with Gasteiger partial charge in [0.1, 0.15) is 17.9 Å². The number of benzene rings is 3. The number of rotatable bonds is 7. The topological polar surface area (TPSA) is 84.6 Å². The van der Waals surface area contributed by atoms with Crippen molar-refractivity contribution in [3.05, 3.63) is 96.5 Å². The molecule has 1 saturated heterocycles. The number of hydrogen-bond donors (Lipinski definition) is 1. The number of nitrogens with zero attached hydrogens (tertiary/aromatic N) is 5. The standard InChI is InChI=1S/C31H28F4N6O2S/c1-20(2)25-6-3-4-7-27(25)40-16-5-17-44-30(40)38-29(42)36-18-26(32)21-8-10-22(11-9-21)28-37-19-41(39-28)23-12-14-24(15-13-23)43-31(33,34)35/h3-4,6-15,18-20H,5,16-17H2,1-2H3,(H,36,42)/b26-18-,38-30-. The normalized spacial score (nSPS) is 15.1. The molecule has 228 valence electrons. The maximum Gasteiger partial charge on any atom is 0.573 e. The van der Waals surface area contributed by atoms with Crippen LogP contribution in [-0.4, -0.2) is 44.6 Å². The lowest BCUT2D eigenvalue weighted by molar-refractivity contribution is -0.274. The fourth-order valence-corrected chi connectivity index (χ4v) is 5.47. The second-order valence-electron chi connectivity index (χ2n) is 10.0. The molecule has 1 aliphatic rings. The van der Waals surface area contributed by atoms with Crippen LogP contribution in [0.3, 0.4) is 0 Å². The Bertz CT molecular complexity index is 1670. The van der Waals surface area contributed by atoms with E-state index in [1.54, 1.807) is 12.1 Å². The van der Waals surface area contributed by atoms with E-state index < -0.39 is 18.2 Å². The number of halogens is 4. The molecule has 1 aliphatic heterocycles. The molecular formula is C31H28F4N6O2S. The van der Waals surface area contributed by atoms with Gasteiger partial charge in [-0.2, -0.15) is 4.99 Å². The number of ether oxygens (including phenoxy) is 1. The Kier molecular flexibility index (Phi) is 9.33. The van der Waals surface area contributed by atoms with Crippen LogP contribution in [0.15, 0.2) is 90.3 Å². The number of alkyl halides is 3. The number of amidine groups is 1. The number of urea groups is 1. The number of carbonyl (C=O) groups excluding carboxylic acids is 1. The molecule has 8 nitrogen and oxygen atoms in total. The highest BCUT2D eigenvalue weighted by atomic mass is 32.2. The lowest BCUT2D eigenvalue weighted by Gasteiger charge is -2.31. The highest BCUT2D eigenvalue weighted by Crippen LogP contribution is 2.32. The van der Waals surface area contributed by atoms with E-state index in [1.165, 1.54) is 59.2 Å². The molecule has 1 N–H and O–H groups in total. The predicted octanol–water partition coefficient (Wildman–Crippen LogP) is 7.93. The van der Waals surface area contributed by atoms with Gasteiger partial charge in [-0.05, 0) is 48.2 Å². The average molecular weight is 625 g/mol. The lowest BCUT2D eigenvalue weighted by Crippen LogP contribution is -2.36. The molecule has 2 amide bonds. The van der Waals surface area contributed by atoms with Crippen LogP contribution < -0.4 is 15.0 Å². The molecule has 44 heavy (non-hydrogen) atoms. The van der Waals surface area contributed by atoms with E-state index in [0.29, 0.717) is 28.2 Å². The quantitative estimate of drug-likeness (QED) is 0.210. The van der Waals surface area contributed by atoms with E-state index in [2.05, 4.69) is 45.0 Å². The van der Waals surface area contributed by atoms with Gasteiger partial charge in [-0.3, -0.25) is 0 Å². The van der Waals surface area contributed by atoms with Gasteiger partial charge < -0.3 is 15.0 Å². The van der Waals surface area contributed by atoms with Gasteiger partial charge >= 0.3 is 12.4 Å². The van der Waals surface area contributed by atoms with Gasteiger partial charge in [0, 0.05) is 35.3 Å². The summed E-state index contributed by atoms with van der Waals surface area (Å²) in [5, 5.41) is 7.33. The Labute approximate surface area is 255 Å². The number of aliphatic imine (C=N–C) groups is 1. The molecule has 0 bridgehead atoms. The number of thioether (sulfide) groups is 1. The third-order valence-corrected chi connectivity index (χ3v) is 7.67. The summed E-state index contributed by atoms with van der Waals surface area (Å²) in [6.07, 6.45) is -1.45. The van der Waals surface area contributed by atoms with Crippen LogP contribution in [-0.2, 0) is 0 Å². The van der Waals surface area contributed by atoms with Crippen molar-refractivity contribution in [2.45, 2.75) is 32.5 Å². The van der Waals surface area contributed by atoms with Crippen LogP contribution in [0.4, 0.5) is 28.0 Å². The summed E-state index contributed by atoms with van der Waals surface area (Å²) in [5.74, 6) is 0.445. The zero-order valence-corrected chi connectivity index (χ0v) is 24.6. The zero-order valence-electron chi connectivity index (χ0n) is 23.8. The minimum absolute atomic E-state index is 0.223. The summed E-state index contributed by atoms with van der Waals surface area (Å²) in [7, 11) is 0. The highest BCUT2D eigenvalue weighted by Gasteiger charge is 2.31. The summed E-state index contributed by atoms with van der Waals surface area (Å²) < 4.78 is 57.4. The first-order valence-corrected chi connectivity index (χ1v) is 14.7. The van der Waals surface area contributed by atoms with Gasteiger partial charge in [0.05, 0.1) is 5.69 Å². The van der Waals surface area contributed by atoms with E-state index in [-0.39, 0.29) is 11.3 Å². The van der Waals surface area contributed by atoms with E-state index in [1.807, 2.05) is 23.1 Å². The molecule has 1 aromatic heterocycles. The van der Waals surface area contributed by atoms with Gasteiger partial charge in [-0.1, -0.05) is 68.1 Å². The first-order chi connectivity index (χ1) is 21.1. The fraction of sp³-hybridized carbons (Fsp3) is 0.226. The van der Waals surface area contributed by atoms with E-state index in [9.17, 15) is 22.4 Å². The van der Waals surface area contributed by atoms with Crippen molar-refractivity contribution < 1.29 is 27.1 Å². The van der Waals surface area contributed by atoms with Gasteiger partial charge in [0.2, 0.25) is 0 Å². The number of amides is 2. The first kappa shape index (κ1) is 30.8. The van der Waals surface area contributed by atoms with Crippen molar-refractivity contribution in [2.75, 3.05) is 17.2 Å². The fourth-order valence-electron chi connectivity index (χ4n) is 4.52. The first-order valence-electron chi connectivity index (χ1n) is 13.7. The summed E-state index contributed by atoms with van der Waals surface area (Å²) in [6.45, 7) is 4.96. The Morgan fingerprint density at radius 2 is 1.80 bits per heavy atom. The third kappa shape index (κ3) is 7.64. The summed E-state index contributed by atoms with van der Waals surface area (Å²) in [5.41, 5.74) is 3.45. The van der Waals surface area contributed by atoms with E-state index in [0.717, 1.165) is 36.2 Å². The SMILES string of the molecule is CC(C)c1ccccc1N1CCCS/C1=N\C(=O)N/C=C(\F)c1ccc(-c2ncn(-c3ccc(OC(F)(F)F)cc3)n2)cc1. The number of nitrogens with one attached hydrogen (secondary N) is 1. The molecule has 4 aromatic rings. The summed E-state index contributed by atoms with van der Waals surface area (Å²) in [6, 6.07) is 18.8. The van der Waals surface area contributed by atoms with Crippen LogP contribution >= 0.6 is 11.8 Å². The van der Waals surface area contributed by atoms with Crippen molar-refractivity contribution >= 4 is 34.5 Å². The van der Waals surface area contributed by atoms with Gasteiger partial charge in [-0.15, -0.1) is 18.3 Å². The number of aromatic nitrogens is 3. The van der Waals surface area contributed by atoms with Gasteiger partial charge in [0.25, 0.3) is 0 Å². The Hall–Kier alpha value is -4.65. The molecule has 0 saturated carbocycles. The molecule has 0 aliphatic carbocycles. The maximum absolute atomic E-state index is 14.9. The molecule has 5 rings (SSSR count). The van der Waals surface area contributed by atoms with Crippen molar-refractivity contribution in [3.8, 4) is 22.8 Å². The number of anilines is 1. The second kappa shape index (κ2) is 13.3. The molecular weight excluding hydrogens is 596 g/mol. The highest BCUT2D eigenvalue weighted by molar-refractivity contribution is 8.14. The molecule has 2 heterocycles. The summed E-state index contributed by atoms with van der Waals surface area (Å²) >= 11 is 1.49. The minimum atomic E-state index is -4.78. The third-order valence-electron chi connectivity index (χ3n) is 6.60. The second-order valence-corrected chi connectivity index (χ2v) is 11.1. The zero-order chi connectivity index (χ0) is 31.3. The van der Waals surface area contributed by atoms with Crippen LogP contribution in [0.2, 0.25) is 0 Å². The molecule has 0 spiro atoms. The average Bonchev–Trinajstić information content (AvgIpc) is 3.50. The van der Waals surface area contributed by atoms with Crippen LogP contribution in [0.25, 0.3) is 22.9 Å². The molecule has 0 radical (unpaired) electrons. The van der Waals surface area contributed by atoms with Gasteiger partial charge in [0.15, 0.2) is 11.0 Å². The predicted molar refractivity (Wildman–Crippen MR) is 163 cm³/mol. The Morgan fingerprint density at radius 1 is 1.07 bits per heavy atom.